The van der Waals surface area contributed by atoms with E-state index in [2.05, 4.69) is 0 Å². The van der Waals surface area contributed by atoms with Crippen LogP contribution in [0, 0.1) is 11.8 Å². The van der Waals surface area contributed by atoms with E-state index in [1.54, 1.807) is 18.2 Å². The van der Waals surface area contributed by atoms with Gasteiger partial charge in [0, 0.05) is 31.4 Å². The van der Waals surface area contributed by atoms with Gasteiger partial charge in [-0.2, -0.15) is 0 Å². The van der Waals surface area contributed by atoms with Gasteiger partial charge in [-0.25, -0.2) is 4.79 Å². The molecule has 1 aliphatic carbocycles. The van der Waals surface area contributed by atoms with E-state index in [1.165, 1.54) is 24.3 Å². The van der Waals surface area contributed by atoms with E-state index in [1.807, 2.05) is 13.0 Å². The molecule has 0 aromatic rings. The average Bonchev–Trinajstić information content (AvgIpc) is 2.79. The zero-order valence-corrected chi connectivity index (χ0v) is 24.4. The van der Waals surface area contributed by atoms with Crippen LogP contribution in [-0.4, -0.2) is 67.9 Å². The molecule has 204 valence electrons. The molecule has 0 aromatic heterocycles. The van der Waals surface area contributed by atoms with Crippen LogP contribution in [0.2, 0.25) is 0 Å². The zero-order chi connectivity index (χ0) is 26.8. The Morgan fingerprint density at radius 1 is 1.32 bits per heavy atom. The molecule has 12 heteroatoms. The summed E-state index contributed by atoms with van der Waals surface area (Å²) in [4.78, 5) is 32.5. The summed E-state index contributed by atoms with van der Waals surface area (Å²) in [7, 11) is -5.33. The first kappa shape index (κ1) is 34.4. The number of carbonyl (C=O) groups is 1. The number of esters is 1. The third kappa shape index (κ3) is 12.4. The van der Waals surface area contributed by atoms with Gasteiger partial charge in [0.05, 0.1) is 12.2 Å². The fourth-order valence-electron chi connectivity index (χ4n) is 4.50. The number of allylic oxidation sites excluding steroid dienone is 3. The minimum Gasteiger partial charge on any atom is -0.756 e. The summed E-state index contributed by atoms with van der Waals surface area (Å²) in [5.41, 5.74) is -2.12. The van der Waals surface area contributed by atoms with Gasteiger partial charge < -0.3 is 39.5 Å². The Hall–Kier alpha value is -0.620. The maximum absolute atomic E-state index is 11.7. The summed E-state index contributed by atoms with van der Waals surface area (Å²) in [6, 6.07) is 0. The Kier molecular flexibility index (Phi) is 15.3. The van der Waals surface area contributed by atoms with Gasteiger partial charge in [-0.05, 0) is 37.7 Å². The van der Waals surface area contributed by atoms with Crippen molar-refractivity contribution in [2.24, 2.45) is 11.8 Å². The Bertz CT molecular complexity index is 870. The largest absolute Gasteiger partial charge is 1.00 e. The number of hydrogen-bond acceptors (Lipinski definition) is 9. The van der Waals surface area contributed by atoms with Gasteiger partial charge >= 0.3 is 35.5 Å². The van der Waals surface area contributed by atoms with Crippen molar-refractivity contribution in [2.75, 3.05) is 6.61 Å². The molecular formula is C25H38NaO10P. The van der Waals surface area contributed by atoms with Crippen LogP contribution >= 0.6 is 7.82 Å². The maximum Gasteiger partial charge on any atom is 1.00 e. The van der Waals surface area contributed by atoms with E-state index in [0.29, 0.717) is 12.8 Å². The van der Waals surface area contributed by atoms with Crippen LogP contribution in [0.3, 0.4) is 0 Å². The monoisotopic (exact) mass is 552 g/mol. The van der Waals surface area contributed by atoms with E-state index < -0.39 is 50.7 Å². The molecule has 1 unspecified atom stereocenters. The smallest absolute Gasteiger partial charge is 0.756 e. The summed E-state index contributed by atoms with van der Waals surface area (Å²) >= 11 is 0. The molecule has 0 saturated heterocycles. The van der Waals surface area contributed by atoms with Crippen LogP contribution in [0.15, 0.2) is 48.6 Å². The van der Waals surface area contributed by atoms with E-state index in [-0.39, 0.29) is 53.9 Å². The molecule has 10 nitrogen and oxygen atoms in total. The molecule has 2 aliphatic rings. The summed E-state index contributed by atoms with van der Waals surface area (Å²) in [5, 5.41) is 41.0. The van der Waals surface area contributed by atoms with Crippen molar-refractivity contribution in [3.8, 4) is 0 Å². The van der Waals surface area contributed by atoms with Gasteiger partial charge in [-0.3, -0.25) is 4.57 Å². The molecule has 0 spiro atoms. The quantitative estimate of drug-likeness (QED) is 0.0590. The minimum atomic E-state index is -5.33. The van der Waals surface area contributed by atoms with Crippen molar-refractivity contribution in [2.45, 2.75) is 81.9 Å². The van der Waals surface area contributed by atoms with Crippen molar-refractivity contribution >= 4 is 13.8 Å². The number of hydrogen-bond donors (Lipinski definition) is 5. The topological polar surface area (TPSA) is 177 Å². The first-order valence-electron chi connectivity index (χ1n) is 12.3. The number of phosphoric ester groups is 1. The standard InChI is InChI=1S/C25H39O10P.Na/c1-2-19-10-11-24(29)34-22(19)12-13-25(30,14-15-26)23(35-36(31,32)33)17-21(28)8-4-3-6-18-7-5-9-20(27)16-18;/h3-4,6,8,10-13,18-23,26-28,30H,2,5,7,9,14-17H2,1H3,(H2,31,32,33);/q;+1/p-1/b6-3-,8-4-,13-12+;/t18-,19+,20+,21+,22+,23-,25+;/m1./s1. The molecule has 0 aromatic carbocycles. The van der Waals surface area contributed by atoms with Gasteiger partial charge in [0.1, 0.15) is 17.8 Å². The van der Waals surface area contributed by atoms with Gasteiger partial charge in [0.2, 0.25) is 0 Å². The predicted octanol–water partition coefficient (Wildman–Crippen LogP) is -1.57. The molecule has 1 fully saturated rings. The fourth-order valence-corrected chi connectivity index (χ4v) is 5.09. The summed E-state index contributed by atoms with van der Waals surface area (Å²) < 4.78 is 21.5. The zero-order valence-electron chi connectivity index (χ0n) is 21.5. The Labute approximate surface area is 240 Å². The molecule has 37 heavy (non-hydrogen) atoms. The second kappa shape index (κ2) is 16.5. The summed E-state index contributed by atoms with van der Waals surface area (Å²) in [6.45, 7) is 1.33. The van der Waals surface area contributed by atoms with Crippen LogP contribution in [0.1, 0.15) is 51.9 Å². The fraction of sp³-hybridized carbons (Fsp3) is 0.640. The van der Waals surface area contributed by atoms with Crippen LogP contribution in [0.4, 0.5) is 0 Å². The minimum absolute atomic E-state index is 0. The molecule has 0 bridgehead atoms. The Balaban J connectivity index is 0.00000684. The SMILES string of the molecule is CC[C@H]1C=CC(=O)O[C@H]1/C=C/[C@](O)(CCO)[C@@H](C[C@@H](O)/C=C\C=C/[C@@H]1CCC[C@H](O)C1)OP(=O)([O-])O.[Na+]. The molecule has 5 N–H and O–H groups in total. The maximum atomic E-state index is 11.7. The van der Waals surface area contributed by atoms with Gasteiger partial charge in [0.15, 0.2) is 0 Å². The summed E-state index contributed by atoms with van der Waals surface area (Å²) in [5.74, 6) is -0.517. The van der Waals surface area contributed by atoms with Crippen molar-refractivity contribution in [3.63, 3.8) is 0 Å². The van der Waals surface area contributed by atoms with Crippen LogP contribution in [-0.2, 0) is 18.6 Å². The average molecular weight is 553 g/mol. The second-order valence-corrected chi connectivity index (χ2v) is 10.5. The van der Waals surface area contributed by atoms with Crippen molar-refractivity contribution < 1.29 is 78.4 Å². The molecule has 1 aliphatic heterocycles. The van der Waals surface area contributed by atoms with Crippen LogP contribution < -0.4 is 34.5 Å². The number of cyclic esters (lactones) is 1. The Morgan fingerprint density at radius 2 is 2.05 bits per heavy atom. The van der Waals surface area contributed by atoms with Crippen molar-refractivity contribution in [1.82, 2.24) is 0 Å². The molecule has 1 saturated carbocycles. The first-order chi connectivity index (χ1) is 17.0. The predicted molar refractivity (Wildman–Crippen MR) is 130 cm³/mol. The van der Waals surface area contributed by atoms with E-state index in [9.17, 15) is 39.6 Å². The van der Waals surface area contributed by atoms with E-state index in [0.717, 1.165) is 19.3 Å². The Morgan fingerprint density at radius 3 is 2.68 bits per heavy atom. The number of carbonyl (C=O) groups excluding carboxylic acids is 1. The van der Waals surface area contributed by atoms with Crippen LogP contribution in [0.25, 0.3) is 0 Å². The van der Waals surface area contributed by atoms with Gasteiger partial charge in [-0.1, -0.05) is 49.8 Å². The number of aliphatic hydroxyl groups excluding tert-OH is 3. The third-order valence-corrected chi connectivity index (χ3v) is 7.02. The second-order valence-electron chi connectivity index (χ2n) is 9.37. The van der Waals surface area contributed by atoms with E-state index in [4.69, 9.17) is 9.26 Å². The number of rotatable bonds is 13. The normalized spacial score (nSPS) is 29.5. The van der Waals surface area contributed by atoms with Gasteiger partial charge in [0.25, 0.3) is 7.82 Å². The molecule has 0 amide bonds. The third-order valence-electron chi connectivity index (χ3n) is 6.50. The van der Waals surface area contributed by atoms with Gasteiger partial charge in [-0.15, -0.1) is 0 Å². The van der Waals surface area contributed by atoms with Crippen molar-refractivity contribution in [1.29, 1.82) is 0 Å². The molecule has 8 atom stereocenters. The molecular weight excluding hydrogens is 514 g/mol. The molecule has 1 heterocycles. The van der Waals surface area contributed by atoms with E-state index >= 15 is 0 Å². The number of ether oxygens (including phenoxy) is 1. The first-order valence-corrected chi connectivity index (χ1v) is 13.8. The summed E-state index contributed by atoms with van der Waals surface area (Å²) in [6.07, 6.45) is 11.3. The van der Waals surface area contributed by atoms with Crippen LogP contribution in [0.5, 0.6) is 0 Å². The molecule has 2 rings (SSSR count). The van der Waals surface area contributed by atoms with Crippen molar-refractivity contribution in [3.05, 3.63) is 48.6 Å². The molecule has 0 radical (unpaired) electrons. The number of phosphoric acid groups is 1. The number of aliphatic hydroxyl groups is 4.